The first-order valence-corrected chi connectivity index (χ1v) is 7.01. The van der Waals surface area contributed by atoms with Gasteiger partial charge in [-0.1, -0.05) is 0 Å². The van der Waals surface area contributed by atoms with E-state index in [9.17, 15) is 4.79 Å². The molecule has 0 unspecified atom stereocenters. The van der Waals surface area contributed by atoms with Gasteiger partial charge < -0.3 is 24.8 Å². The van der Waals surface area contributed by atoms with Gasteiger partial charge in [-0.3, -0.25) is 4.79 Å². The summed E-state index contributed by atoms with van der Waals surface area (Å²) in [7, 11) is 4.68. The molecule has 1 aromatic rings. The minimum atomic E-state index is 0.0158. The average molecular weight is 294 g/mol. The van der Waals surface area contributed by atoms with Crippen molar-refractivity contribution in [2.24, 2.45) is 5.92 Å². The fourth-order valence-electron chi connectivity index (χ4n) is 2.45. The number of anilines is 1. The lowest BCUT2D eigenvalue weighted by Gasteiger charge is -2.22. The Balaban J connectivity index is 2.19. The van der Waals surface area contributed by atoms with Gasteiger partial charge in [-0.15, -0.1) is 0 Å². The van der Waals surface area contributed by atoms with Gasteiger partial charge in [-0.05, 0) is 25.9 Å². The number of carbonyl (C=O) groups is 1. The fourth-order valence-corrected chi connectivity index (χ4v) is 2.45. The van der Waals surface area contributed by atoms with Gasteiger partial charge >= 0.3 is 0 Å². The van der Waals surface area contributed by atoms with Crippen molar-refractivity contribution in [1.29, 1.82) is 0 Å². The quantitative estimate of drug-likeness (QED) is 0.864. The van der Waals surface area contributed by atoms with Gasteiger partial charge in [-0.2, -0.15) is 0 Å². The van der Waals surface area contributed by atoms with Crippen molar-refractivity contribution in [3.63, 3.8) is 0 Å². The van der Waals surface area contributed by atoms with Crippen LogP contribution < -0.4 is 24.8 Å². The minimum absolute atomic E-state index is 0.0158. The van der Waals surface area contributed by atoms with Crippen molar-refractivity contribution in [1.82, 2.24) is 5.32 Å². The first-order valence-electron chi connectivity index (χ1n) is 7.01. The summed E-state index contributed by atoms with van der Waals surface area (Å²) in [5, 5.41) is 6.18. The van der Waals surface area contributed by atoms with Crippen LogP contribution >= 0.6 is 0 Å². The van der Waals surface area contributed by atoms with Crippen LogP contribution in [-0.4, -0.2) is 40.3 Å². The number of ether oxygens (including phenoxy) is 3. The van der Waals surface area contributed by atoms with Gasteiger partial charge in [0.2, 0.25) is 5.91 Å². The SMILES string of the molecule is COc1cc(OC)c(OC)cc1NC(=O)C1CCNCC1. The summed E-state index contributed by atoms with van der Waals surface area (Å²) >= 11 is 0. The molecule has 1 amide bonds. The molecule has 1 saturated heterocycles. The van der Waals surface area contributed by atoms with E-state index >= 15 is 0 Å². The maximum Gasteiger partial charge on any atom is 0.227 e. The summed E-state index contributed by atoms with van der Waals surface area (Å²) in [4.78, 5) is 12.3. The van der Waals surface area contributed by atoms with E-state index in [1.165, 1.54) is 0 Å². The molecule has 1 fully saturated rings. The standard InChI is InChI=1S/C15H22N2O4/c1-19-12-9-14(21-3)13(20-2)8-11(12)17-15(18)10-4-6-16-7-5-10/h8-10,16H,4-7H2,1-3H3,(H,17,18). The smallest absolute Gasteiger partial charge is 0.227 e. The van der Waals surface area contributed by atoms with E-state index in [1.54, 1.807) is 33.5 Å². The fraction of sp³-hybridized carbons (Fsp3) is 0.533. The lowest BCUT2D eigenvalue weighted by molar-refractivity contribution is -0.120. The highest BCUT2D eigenvalue weighted by Gasteiger charge is 2.22. The zero-order chi connectivity index (χ0) is 15.2. The molecule has 0 radical (unpaired) electrons. The van der Waals surface area contributed by atoms with Gasteiger partial charge in [-0.25, -0.2) is 0 Å². The van der Waals surface area contributed by atoms with Crippen LogP contribution in [0.25, 0.3) is 0 Å². The summed E-state index contributed by atoms with van der Waals surface area (Å²) in [6, 6.07) is 3.42. The highest BCUT2D eigenvalue weighted by Crippen LogP contribution is 2.38. The van der Waals surface area contributed by atoms with Crippen LogP contribution in [0.1, 0.15) is 12.8 Å². The van der Waals surface area contributed by atoms with E-state index in [1.807, 2.05) is 0 Å². The highest BCUT2D eigenvalue weighted by atomic mass is 16.5. The number of methoxy groups -OCH3 is 3. The average Bonchev–Trinajstić information content (AvgIpc) is 2.55. The van der Waals surface area contributed by atoms with Crippen LogP contribution in [0.15, 0.2) is 12.1 Å². The van der Waals surface area contributed by atoms with Crippen molar-refractivity contribution >= 4 is 11.6 Å². The molecule has 0 spiro atoms. The molecule has 2 N–H and O–H groups in total. The second kappa shape index (κ2) is 7.17. The number of amides is 1. The number of hydrogen-bond donors (Lipinski definition) is 2. The molecule has 6 nitrogen and oxygen atoms in total. The second-order valence-corrected chi connectivity index (χ2v) is 4.92. The molecule has 116 valence electrons. The summed E-state index contributed by atoms with van der Waals surface area (Å²) in [6.07, 6.45) is 1.70. The Bertz CT molecular complexity index is 499. The van der Waals surface area contributed by atoms with Gasteiger partial charge in [0, 0.05) is 18.1 Å². The topological polar surface area (TPSA) is 68.8 Å². The van der Waals surface area contributed by atoms with Crippen molar-refractivity contribution < 1.29 is 19.0 Å². The van der Waals surface area contributed by atoms with Crippen LogP contribution in [0.4, 0.5) is 5.69 Å². The number of nitrogens with one attached hydrogen (secondary N) is 2. The Morgan fingerprint density at radius 3 is 2.19 bits per heavy atom. The molecular weight excluding hydrogens is 272 g/mol. The van der Waals surface area contributed by atoms with Gasteiger partial charge in [0.15, 0.2) is 11.5 Å². The first-order chi connectivity index (χ1) is 10.2. The van der Waals surface area contributed by atoms with Crippen LogP contribution in [-0.2, 0) is 4.79 Å². The molecule has 21 heavy (non-hydrogen) atoms. The van der Waals surface area contributed by atoms with Crippen LogP contribution in [0.5, 0.6) is 17.2 Å². The molecule has 0 saturated carbocycles. The third-order valence-corrected chi connectivity index (χ3v) is 3.67. The van der Waals surface area contributed by atoms with Gasteiger partial charge in [0.05, 0.1) is 27.0 Å². The van der Waals surface area contributed by atoms with Crippen molar-refractivity contribution in [2.75, 3.05) is 39.7 Å². The normalized spacial score (nSPS) is 15.4. The van der Waals surface area contributed by atoms with Crippen molar-refractivity contribution in [2.45, 2.75) is 12.8 Å². The predicted octanol–water partition coefficient (Wildman–Crippen LogP) is 1.65. The number of rotatable bonds is 5. The molecule has 1 aromatic carbocycles. The van der Waals surface area contributed by atoms with Crippen LogP contribution in [0, 0.1) is 5.92 Å². The third-order valence-electron chi connectivity index (χ3n) is 3.67. The number of piperidine rings is 1. The van der Waals surface area contributed by atoms with E-state index in [0.717, 1.165) is 25.9 Å². The van der Waals surface area contributed by atoms with E-state index in [0.29, 0.717) is 22.9 Å². The highest BCUT2D eigenvalue weighted by molar-refractivity contribution is 5.94. The summed E-state index contributed by atoms with van der Waals surface area (Å²) in [5.74, 6) is 1.72. The molecule has 0 atom stereocenters. The summed E-state index contributed by atoms with van der Waals surface area (Å²) < 4.78 is 15.8. The maximum absolute atomic E-state index is 12.3. The Hall–Kier alpha value is -1.95. The molecule has 0 aromatic heterocycles. The molecule has 0 bridgehead atoms. The van der Waals surface area contributed by atoms with Crippen LogP contribution in [0.2, 0.25) is 0 Å². The zero-order valence-electron chi connectivity index (χ0n) is 12.7. The molecule has 0 aliphatic carbocycles. The lowest BCUT2D eigenvalue weighted by Crippen LogP contribution is -2.34. The number of carbonyl (C=O) groups excluding carboxylic acids is 1. The lowest BCUT2D eigenvalue weighted by atomic mass is 9.97. The van der Waals surface area contributed by atoms with E-state index in [2.05, 4.69) is 10.6 Å². The Kier molecular flexibility index (Phi) is 5.27. The maximum atomic E-state index is 12.3. The third kappa shape index (κ3) is 3.58. The molecule has 1 heterocycles. The van der Waals surface area contributed by atoms with Gasteiger partial charge in [0.25, 0.3) is 0 Å². The number of benzene rings is 1. The molecular formula is C15H22N2O4. The minimum Gasteiger partial charge on any atom is -0.494 e. The van der Waals surface area contributed by atoms with Gasteiger partial charge in [0.1, 0.15) is 5.75 Å². The van der Waals surface area contributed by atoms with Crippen molar-refractivity contribution in [3.05, 3.63) is 12.1 Å². The number of hydrogen-bond acceptors (Lipinski definition) is 5. The monoisotopic (exact) mass is 294 g/mol. The van der Waals surface area contributed by atoms with Crippen LogP contribution in [0.3, 0.4) is 0 Å². The predicted molar refractivity (Wildman–Crippen MR) is 80.3 cm³/mol. The van der Waals surface area contributed by atoms with Crippen molar-refractivity contribution in [3.8, 4) is 17.2 Å². The molecule has 6 heteroatoms. The summed E-state index contributed by atoms with van der Waals surface area (Å²) in [6.45, 7) is 1.75. The molecule has 1 aliphatic rings. The molecule has 2 rings (SSSR count). The first kappa shape index (κ1) is 15.4. The Morgan fingerprint density at radius 1 is 1.05 bits per heavy atom. The van der Waals surface area contributed by atoms with E-state index in [-0.39, 0.29) is 11.8 Å². The Labute approximate surface area is 124 Å². The largest absolute Gasteiger partial charge is 0.494 e. The van der Waals surface area contributed by atoms with E-state index < -0.39 is 0 Å². The Morgan fingerprint density at radius 2 is 1.62 bits per heavy atom. The second-order valence-electron chi connectivity index (χ2n) is 4.92. The summed E-state index contributed by atoms with van der Waals surface area (Å²) in [5.41, 5.74) is 0.596. The molecule has 1 aliphatic heterocycles. The zero-order valence-corrected chi connectivity index (χ0v) is 12.7. The van der Waals surface area contributed by atoms with E-state index in [4.69, 9.17) is 14.2 Å².